The van der Waals surface area contributed by atoms with E-state index in [0.29, 0.717) is 16.8 Å². The third kappa shape index (κ3) is 3.57. The van der Waals surface area contributed by atoms with Crippen LogP contribution in [0.4, 0.5) is 10.5 Å². The Bertz CT molecular complexity index is 1600. The molecule has 1 aliphatic carbocycles. The van der Waals surface area contributed by atoms with Crippen molar-refractivity contribution >= 4 is 34.5 Å². The summed E-state index contributed by atoms with van der Waals surface area (Å²) in [4.78, 5) is 29.3. The van der Waals surface area contributed by atoms with E-state index in [2.05, 4.69) is 6.07 Å². The van der Waals surface area contributed by atoms with Crippen LogP contribution < -0.4 is 4.90 Å². The summed E-state index contributed by atoms with van der Waals surface area (Å²) in [5.74, 6) is -1.10. The van der Waals surface area contributed by atoms with Gasteiger partial charge < -0.3 is 9.84 Å². The SMILES string of the molecule is CC(C)(C)OC(=O)N1C(=O)C(c2ccccc2)(C2C=Cc3cc4ccccc4cc3C2O)c2ccccc21. The molecule has 5 nitrogen and oxygen atoms in total. The predicted octanol–water partition coefficient (Wildman–Crippen LogP) is 6.78. The van der Waals surface area contributed by atoms with Gasteiger partial charge in [0.2, 0.25) is 0 Å². The molecule has 0 radical (unpaired) electrons. The van der Waals surface area contributed by atoms with E-state index in [9.17, 15) is 14.7 Å². The topological polar surface area (TPSA) is 66.8 Å². The van der Waals surface area contributed by atoms with Crippen molar-refractivity contribution < 1.29 is 19.4 Å². The maximum Gasteiger partial charge on any atom is 0.421 e. The second-order valence-electron chi connectivity index (χ2n) is 11.0. The zero-order valence-corrected chi connectivity index (χ0v) is 21.6. The second kappa shape index (κ2) is 8.67. The highest BCUT2D eigenvalue weighted by atomic mass is 16.6. The number of anilines is 1. The molecule has 0 aromatic heterocycles. The number of carbonyl (C=O) groups excluding carboxylic acids is 2. The second-order valence-corrected chi connectivity index (χ2v) is 11.0. The quantitative estimate of drug-likeness (QED) is 0.327. The molecule has 2 amide bonds. The highest BCUT2D eigenvalue weighted by molar-refractivity contribution is 6.23. The van der Waals surface area contributed by atoms with Crippen molar-refractivity contribution in [3.8, 4) is 0 Å². The first-order valence-electron chi connectivity index (χ1n) is 12.8. The van der Waals surface area contributed by atoms with Crippen LogP contribution in [-0.4, -0.2) is 22.7 Å². The Morgan fingerprint density at radius 3 is 2.24 bits per heavy atom. The molecule has 6 rings (SSSR count). The van der Waals surface area contributed by atoms with Crippen molar-refractivity contribution in [2.45, 2.75) is 37.9 Å². The molecule has 1 heterocycles. The fourth-order valence-electron chi connectivity index (χ4n) is 5.95. The van der Waals surface area contributed by atoms with Crippen molar-refractivity contribution in [2.24, 2.45) is 5.92 Å². The molecule has 0 spiro atoms. The molecule has 5 heteroatoms. The zero-order valence-electron chi connectivity index (χ0n) is 21.6. The lowest BCUT2D eigenvalue weighted by atomic mass is 9.62. The molecule has 0 saturated carbocycles. The minimum Gasteiger partial charge on any atom is -0.443 e. The number of imide groups is 1. The molecule has 0 saturated heterocycles. The highest BCUT2D eigenvalue weighted by Crippen LogP contribution is 2.56. The highest BCUT2D eigenvalue weighted by Gasteiger charge is 2.60. The fraction of sp³-hybridized carbons (Fsp3) is 0.212. The number of benzene rings is 4. The van der Waals surface area contributed by atoms with E-state index in [-0.39, 0.29) is 0 Å². The number of aliphatic hydroxyl groups excluding tert-OH is 1. The number of hydrogen-bond donors (Lipinski definition) is 1. The Hall–Kier alpha value is -4.22. The number of nitrogens with zero attached hydrogens (tertiary/aromatic N) is 1. The molecule has 3 atom stereocenters. The number of ether oxygens (including phenoxy) is 1. The summed E-state index contributed by atoms with van der Waals surface area (Å²) in [6.45, 7) is 5.32. The third-order valence-corrected chi connectivity index (χ3v) is 7.51. The number of carbonyl (C=O) groups is 2. The molecule has 0 bridgehead atoms. The summed E-state index contributed by atoms with van der Waals surface area (Å²) in [6.07, 6.45) is 2.18. The first kappa shape index (κ1) is 24.1. The van der Waals surface area contributed by atoms with Crippen LogP contribution >= 0.6 is 0 Å². The summed E-state index contributed by atoms with van der Waals surface area (Å²) in [5, 5.41) is 14.1. The van der Waals surface area contributed by atoms with Gasteiger partial charge >= 0.3 is 6.09 Å². The summed E-state index contributed by atoms with van der Waals surface area (Å²) >= 11 is 0. The van der Waals surface area contributed by atoms with Crippen molar-refractivity contribution in [3.63, 3.8) is 0 Å². The van der Waals surface area contributed by atoms with Gasteiger partial charge in [0, 0.05) is 5.92 Å². The minimum atomic E-state index is -1.34. The lowest BCUT2D eigenvalue weighted by molar-refractivity contribution is -0.124. The average molecular weight is 504 g/mol. The van der Waals surface area contributed by atoms with Crippen LogP contribution in [0, 0.1) is 5.92 Å². The van der Waals surface area contributed by atoms with E-state index in [1.807, 2.05) is 84.9 Å². The fourth-order valence-corrected chi connectivity index (χ4v) is 5.95. The molecule has 1 aliphatic heterocycles. The molecule has 0 fully saturated rings. The zero-order chi connectivity index (χ0) is 26.7. The smallest absolute Gasteiger partial charge is 0.421 e. The van der Waals surface area contributed by atoms with Crippen LogP contribution in [0.1, 0.15) is 49.1 Å². The van der Waals surface area contributed by atoms with Crippen LogP contribution in [0.3, 0.4) is 0 Å². The standard InChI is InChI=1S/C33H29NO4/c1-32(2,3)38-31(37)34-28-16-10-9-15-26(28)33(30(34)36,24-13-5-4-6-14-24)27-18-17-23-19-21-11-7-8-12-22(21)20-25(23)29(27)35/h4-20,27,29,35H,1-3H3. The summed E-state index contributed by atoms with van der Waals surface area (Å²) in [7, 11) is 0. The van der Waals surface area contributed by atoms with Gasteiger partial charge in [-0.3, -0.25) is 4.79 Å². The Balaban J connectivity index is 1.58. The Labute approximate surface area is 222 Å². The summed E-state index contributed by atoms with van der Waals surface area (Å²) in [6, 6.07) is 28.8. The predicted molar refractivity (Wildman–Crippen MR) is 149 cm³/mol. The van der Waals surface area contributed by atoms with Gasteiger partial charge in [0.25, 0.3) is 5.91 Å². The molecule has 38 heavy (non-hydrogen) atoms. The van der Waals surface area contributed by atoms with Gasteiger partial charge in [-0.05, 0) is 72.0 Å². The van der Waals surface area contributed by atoms with Crippen LogP contribution in [0.25, 0.3) is 16.8 Å². The van der Waals surface area contributed by atoms with Gasteiger partial charge in [0.15, 0.2) is 0 Å². The van der Waals surface area contributed by atoms with E-state index in [1.165, 1.54) is 0 Å². The van der Waals surface area contributed by atoms with E-state index in [1.54, 1.807) is 32.9 Å². The number of fused-ring (bicyclic) bond motifs is 3. The van der Waals surface area contributed by atoms with E-state index in [4.69, 9.17) is 4.74 Å². The monoisotopic (exact) mass is 503 g/mol. The average Bonchev–Trinajstić information content (AvgIpc) is 3.16. The van der Waals surface area contributed by atoms with Gasteiger partial charge in [-0.2, -0.15) is 0 Å². The number of para-hydroxylation sites is 1. The first-order chi connectivity index (χ1) is 18.2. The Morgan fingerprint density at radius 1 is 0.895 bits per heavy atom. The molecule has 4 aromatic carbocycles. The van der Waals surface area contributed by atoms with E-state index >= 15 is 0 Å². The minimum absolute atomic E-state index is 0.433. The summed E-state index contributed by atoms with van der Waals surface area (Å²) in [5.41, 5.74) is 1.40. The molecule has 2 aliphatic rings. The molecular formula is C33H29NO4. The number of aliphatic hydroxyl groups is 1. The maximum absolute atomic E-state index is 14.7. The number of hydrogen-bond acceptors (Lipinski definition) is 4. The third-order valence-electron chi connectivity index (χ3n) is 7.51. The lowest BCUT2D eigenvalue weighted by Gasteiger charge is -2.40. The molecule has 190 valence electrons. The Morgan fingerprint density at radius 2 is 1.53 bits per heavy atom. The molecular weight excluding hydrogens is 474 g/mol. The van der Waals surface area contributed by atoms with Crippen molar-refractivity contribution in [3.05, 3.63) is 119 Å². The van der Waals surface area contributed by atoms with Gasteiger partial charge in [0.1, 0.15) is 11.0 Å². The van der Waals surface area contributed by atoms with Crippen molar-refractivity contribution in [2.75, 3.05) is 4.90 Å². The van der Waals surface area contributed by atoms with Crippen molar-refractivity contribution in [1.82, 2.24) is 0 Å². The first-order valence-corrected chi connectivity index (χ1v) is 12.8. The van der Waals surface area contributed by atoms with Gasteiger partial charge in [-0.15, -0.1) is 0 Å². The summed E-state index contributed by atoms with van der Waals surface area (Å²) < 4.78 is 5.68. The number of rotatable bonds is 2. The van der Waals surface area contributed by atoms with E-state index in [0.717, 1.165) is 26.8 Å². The van der Waals surface area contributed by atoms with Crippen LogP contribution in [0.15, 0.2) is 97.1 Å². The van der Waals surface area contributed by atoms with Crippen LogP contribution in [0.5, 0.6) is 0 Å². The number of amides is 2. The largest absolute Gasteiger partial charge is 0.443 e. The van der Waals surface area contributed by atoms with Crippen molar-refractivity contribution in [1.29, 1.82) is 0 Å². The molecule has 3 unspecified atom stereocenters. The molecule has 1 N–H and O–H groups in total. The van der Waals surface area contributed by atoms with Crippen LogP contribution in [0.2, 0.25) is 0 Å². The normalized spacial score (nSPS) is 22.3. The van der Waals surface area contributed by atoms with Gasteiger partial charge in [-0.25, -0.2) is 9.69 Å². The van der Waals surface area contributed by atoms with E-state index < -0.39 is 35.0 Å². The van der Waals surface area contributed by atoms with Gasteiger partial charge in [-0.1, -0.05) is 84.9 Å². The lowest BCUT2D eigenvalue weighted by Crippen LogP contribution is -2.50. The Kier molecular flexibility index (Phi) is 5.51. The van der Waals surface area contributed by atoms with Gasteiger partial charge in [0.05, 0.1) is 11.8 Å². The van der Waals surface area contributed by atoms with Crippen LogP contribution in [-0.2, 0) is 14.9 Å². The maximum atomic E-state index is 14.7. The molecule has 4 aromatic rings.